The zero-order chi connectivity index (χ0) is 16.2. The van der Waals surface area contributed by atoms with Gasteiger partial charge in [-0.05, 0) is 55.9 Å². The van der Waals surface area contributed by atoms with Gasteiger partial charge in [0.25, 0.3) is 0 Å². The summed E-state index contributed by atoms with van der Waals surface area (Å²) in [6.07, 6.45) is 0. The first-order valence-corrected chi connectivity index (χ1v) is 8.38. The lowest BCUT2D eigenvalue weighted by atomic mass is 10.2. The fourth-order valence-corrected chi connectivity index (χ4v) is 3.02. The number of rotatable bonds is 4. The van der Waals surface area contributed by atoms with Crippen LogP contribution in [0.1, 0.15) is 22.2 Å². The molecule has 1 aromatic heterocycles. The lowest BCUT2D eigenvalue weighted by Crippen LogP contribution is -2.32. The maximum atomic E-state index is 5.36. The van der Waals surface area contributed by atoms with Crippen LogP contribution in [-0.4, -0.2) is 17.6 Å². The van der Waals surface area contributed by atoms with Crippen molar-refractivity contribution in [3.8, 4) is 11.5 Å². The highest BCUT2D eigenvalue weighted by molar-refractivity contribution is 7.80. The molecule has 7 heteroatoms. The minimum Gasteiger partial charge on any atom is -0.454 e. The van der Waals surface area contributed by atoms with Crippen LogP contribution in [-0.2, 0) is 6.54 Å². The number of thiophene rings is 1. The molecule has 1 aromatic carbocycles. The van der Waals surface area contributed by atoms with E-state index in [-0.39, 0.29) is 6.79 Å². The molecule has 0 fully saturated rings. The molecule has 0 spiro atoms. The van der Waals surface area contributed by atoms with Gasteiger partial charge in [-0.15, -0.1) is 11.3 Å². The minimum atomic E-state index is 0.280. The Morgan fingerprint density at radius 1 is 1.26 bits per heavy atom. The van der Waals surface area contributed by atoms with Crippen molar-refractivity contribution in [2.24, 2.45) is 5.10 Å². The second-order valence-electron chi connectivity index (χ2n) is 5.09. The molecule has 2 heterocycles. The molecule has 120 valence electrons. The predicted octanol–water partition coefficient (Wildman–Crippen LogP) is 3.17. The second-order valence-corrected chi connectivity index (χ2v) is 6.79. The van der Waals surface area contributed by atoms with Crippen LogP contribution in [0.5, 0.6) is 11.5 Å². The second kappa shape index (κ2) is 6.97. The van der Waals surface area contributed by atoms with E-state index in [4.69, 9.17) is 21.7 Å². The van der Waals surface area contributed by atoms with Crippen LogP contribution >= 0.6 is 23.6 Å². The number of hydrazone groups is 1. The molecule has 0 radical (unpaired) electrons. The Balaban J connectivity index is 1.51. The van der Waals surface area contributed by atoms with Crippen LogP contribution in [0.15, 0.2) is 35.4 Å². The monoisotopic (exact) mass is 347 g/mol. The first kappa shape index (κ1) is 15.8. The van der Waals surface area contributed by atoms with E-state index in [1.54, 1.807) is 11.3 Å². The van der Waals surface area contributed by atoms with Crippen molar-refractivity contribution in [1.82, 2.24) is 10.7 Å². The number of aryl methyl sites for hydroxylation is 1. The Labute approximate surface area is 144 Å². The van der Waals surface area contributed by atoms with Crippen LogP contribution in [0.3, 0.4) is 0 Å². The van der Waals surface area contributed by atoms with Gasteiger partial charge in [-0.1, -0.05) is 6.07 Å². The fraction of sp³-hybridized carbons (Fsp3) is 0.250. The van der Waals surface area contributed by atoms with E-state index >= 15 is 0 Å². The molecule has 0 saturated heterocycles. The fourth-order valence-electron chi connectivity index (χ4n) is 2.09. The van der Waals surface area contributed by atoms with Gasteiger partial charge in [0.05, 0.1) is 10.6 Å². The van der Waals surface area contributed by atoms with Crippen molar-refractivity contribution >= 4 is 34.4 Å². The number of nitrogens with zero attached hydrogens (tertiary/aromatic N) is 1. The Morgan fingerprint density at radius 2 is 2.09 bits per heavy atom. The van der Waals surface area contributed by atoms with Crippen molar-refractivity contribution in [3.63, 3.8) is 0 Å². The maximum Gasteiger partial charge on any atom is 0.231 e. The van der Waals surface area contributed by atoms with Gasteiger partial charge < -0.3 is 14.8 Å². The van der Waals surface area contributed by atoms with E-state index in [1.807, 2.05) is 25.1 Å². The topological polar surface area (TPSA) is 54.9 Å². The molecule has 23 heavy (non-hydrogen) atoms. The molecule has 3 rings (SSSR count). The molecule has 0 bridgehead atoms. The molecule has 0 atom stereocenters. The van der Waals surface area contributed by atoms with Gasteiger partial charge >= 0.3 is 0 Å². The molecule has 5 nitrogen and oxygen atoms in total. The minimum absolute atomic E-state index is 0.280. The van der Waals surface area contributed by atoms with Gasteiger partial charge in [-0.25, -0.2) is 0 Å². The molecule has 0 aliphatic carbocycles. The molecule has 0 saturated carbocycles. The van der Waals surface area contributed by atoms with Gasteiger partial charge in [0, 0.05) is 11.4 Å². The first-order valence-electron chi connectivity index (χ1n) is 7.15. The number of fused-ring (bicyclic) bond motifs is 1. The van der Waals surface area contributed by atoms with Crippen molar-refractivity contribution in [3.05, 3.63) is 45.6 Å². The SMILES string of the molecule is C/C(=N/NC(=S)NCc1ccc2c(c1)OCO2)c1ccc(C)s1. The van der Waals surface area contributed by atoms with Crippen molar-refractivity contribution < 1.29 is 9.47 Å². The summed E-state index contributed by atoms with van der Waals surface area (Å²) in [5.74, 6) is 1.55. The third-order valence-corrected chi connectivity index (χ3v) is 4.66. The number of hydrogen-bond acceptors (Lipinski definition) is 5. The van der Waals surface area contributed by atoms with Crippen molar-refractivity contribution in [2.75, 3.05) is 6.79 Å². The molecule has 1 aliphatic rings. The quantitative estimate of drug-likeness (QED) is 0.505. The number of thiocarbonyl (C=S) groups is 1. The van der Waals surface area contributed by atoms with Crippen LogP contribution < -0.4 is 20.2 Å². The molecule has 2 aromatic rings. The third kappa shape index (κ3) is 4.00. The van der Waals surface area contributed by atoms with Crippen molar-refractivity contribution in [1.29, 1.82) is 0 Å². The molecule has 0 amide bonds. The van der Waals surface area contributed by atoms with Gasteiger partial charge in [-0.2, -0.15) is 5.10 Å². The standard InChI is InChI=1S/C16H17N3O2S2/c1-10-3-6-15(23-10)11(2)18-19-16(22)17-8-12-4-5-13-14(7-12)21-9-20-13/h3-7H,8-9H2,1-2H3,(H2,17,19,22)/b18-11-. The average molecular weight is 347 g/mol. The predicted molar refractivity (Wildman–Crippen MR) is 96.4 cm³/mol. The summed E-state index contributed by atoms with van der Waals surface area (Å²) in [5, 5.41) is 7.91. The number of benzene rings is 1. The Kier molecular flexibility index (Phi) is 4.78. The van der Waals surface area contributed by atoms with E-state index in [2.05, 4.69) is 34.9 Å². The largest absolute Gasteiger partial charge is 0.454 e. The summed E-state index contributed by atoms with van der Waals surface area (Å²) < 4.78 is 10.6. The smallest absolute Gasteiger partial charge is 0.231 e. The summed E-state index contributed by atoms with van der Waals surface area (Å²) in [4.78, 5) is 2.40. The Morgan fingerprint density at radius 3 is 2.87 bits per heavy atom. The number of nitrogens with one attached hydrogen (secondary N) is 2. The van der Waals surface area contributed by atoms with Crippen LogP contribution in [0, 0.1) is 6.92 Å². The summed E-state index contributed by atoms with van der Waals surface area (Å²) >= 11 is 6.95. The maximum absolute atomic E-state index is 5.36. The van der Waals surface area contributed by atoms with Gasteiger partial charge in [-0.3, -0.25) is 5.43 Å². The summed E-state index contributed by atoms with van der Waals surface area (Å²) in [5.41, 5.74) is 4.85. The molecule has 1 aliphatic heterocycles. The van der Waals surface area contributed by atoms with Gasteiger partial charge in [0.15, 0.2) is 16.6 Å². The lowest BCUT2D eigenvalue weighted by Gasteiger charge is -2.08. The molecule has 2 N–H and O–H groups in total. The summed E-state index contributed by atoms with van der Waals surface area (Å²) in [6, 6.07) is 9.96. The van der Waals surface area contributed by atoms with Crippen LogP contribution in [0.2, 0.25) is 0 Å². The first-order chi connectivity index (χ1) is 11.1. The van der Waals surface area contributed by atoms with Crippen molar-refractivity contribution in [2.45, 2.75) is 20.4 Å². The molecular formula is C16H17N3O2S2. The Bertz CT molecular complexity index is 756. The highest BCUT2D eigenvalue weighted by atomic mass is 32.1. The van der Waals surface area contributed by atoms with E-state index in [9.17, 15) is 0 Å². The lowest BCUT2D eigenvalue weighted by molar-refractivity contribution is 0.174. The van der Waals surface area contributed by atoms with Crippen LogP contribution in [0.4, 0.5) is 0 Å². The number of ether oxygens (including phenoxy) is 2. The molecular weight excluding hydrogens is 330 g/mol. The highest BCUT2D eigenvalue weighted by Gasteiger charge is 2.13. The van der Waals surface area contributed by atoms with E-state index in [1.165, 1.54) is 4.88 Å². The van der Waals surface area contributed by atoms with E-state index in [0.29, 0.717) is 11.7 Å². The zero-order valence-corrected chi connectivity index (χ0v) is 14.5. The third-order valence-electron chi connectivity index (χ3n) is 3.31. The molecule has 0 unspecified atom stereocenters. The number of hydrogen-bond donors (Lipinski definition) is 2. The van der Waals surface area contributed by atoms with Gasteiger partial charge in [0.1, 0.15) is 0 Å². The summed E-state index contributed by atoms with van der Waals surface area (Å²) in [7, 11) is 0. The van der Waals surface area contributed by atoms with Gasteiger partial charge in [0.2, 0.25) is 6.79 Å². The Hall–Kier alpha value is -2.12. The van der Waals surface area contributed by atoms with E-state index < -0.39 is 0 Å². The zero-order valence-electron chi connectivity index (χ0n) is 12.9. The summed E-state index contributed by atoms with van der Waals surface area (Å²) in [6.45, 7) is 4.91. The van der Waals surface area contributed by atoms with Crippen LogP contribution in [0.25, 0.3) is 0 Å². The normalized spacial score (nSPS) is 13.0. The average Bonchev–Trinajstić information content (AvgIpc) is 3.18. The van der Waals surface area contributed by atoms with E-state index in [0.717, 1.165) is 27.7 Å². The highest BCUT2D eigenvalue weighted by Crippen LogP contribution is 2.32.